The molecule has 1 atom stereocenters. The number of carbonyl (C=O) groups excluding carboxylic acids is 1. The average molecular weight is 359 g/mol. The predicted octanol–water partition coefficient (Wildman–Crippen LogP) is 1.93. The number of nitrogens with zero attached hydrogens (tertiary/aromatic N) is 1. The van der Waals surface area contributed by atoms with E-state index in [2.05, 4.69) is 0 Å². The van der Waals surface area contributed by atoms with Crippen LogP contribution in [0.25, 0.3) is 0 Å². The number of benzene rings is 1. The van der Waals surface area contributed by atoms with Gasteiger partial charge in [0.05, 0.1) is 31.0 Å². The van der Waals surface area contributed by atoms with Crippen molar-refractivity contribution in [1.29, 1.82) is 0 Å². The van der Waals surface area contributed by atoms with Crippen LogP contribution < -0.4 is 0 Å². The smallest absolute Gasteiger partial charge is 0.385 e. The van der Waals surface area contributed by atoms with E-state index in [9.17, 15) is 23.1 Å². The Morgan fingerprint density at radius 2 is 1.96 bits per heavy atom. The maximum absolute atomic E-state index is 12.9. The minimum Gasteiger partial charge on any atom is -0.385 e. The molecule has 5 nitrogen and oxygen atoms in total. The third-order valence-electron chi connectivity index (χ3n) is 4.72. The molecule has 2 heterocycles. The van der Waals surface area contributed by atoms with Crippen molar-refractivity contribution in [3.63, 3.8) is 0 Å². The Kier molecular flexibility index (Phi) is 5.04. The zero-order valence-corrected chi connectivity index (χ0v) is 13.6. The first-order valence-corrected chi connectivity index (χ1v) is 8.18. The lowest BCUT2D eigenvalue weighted by Crippen LogP contribution is -2.51. The molecule has 2 saturated heterocycles. The maximum atomic E-state index is 12.9. The number of carbonyl (C=O) groups is 1. The largest absolute Gasteiger partial charge is 0.416 e. The number of amides is 1. The van der Waals surface area contributed by atoms with E-state index in [0.29, 0.717) is 13.2 Å². The van der Waals surface area contributed by atoms with Crippen LogP contribution in [0, 0.1) is 0 Å². The molecule has 0 saturated carbocycles. The summed E-state index contributed by atoms with van der Waals surface area (Å²) in [6.45, 7) is 1.53. The lowest BCUT2D eigenvalue weighted by Gasteiger charge is -2.40. The molecule has 2 aliphatic rings. The molecule has 1 aromatic rings. The Balaban J connectivity index is 1.67. The quantitative estimate of drug-likeness (QED) is 0.877. The highest BCUT2D eigenvalue weighted by molar-refractivity contribution is 5.81. The molecule has 0 bridgehead atoms. The molecule has 8 heteroatoms. The van der Waals surface area contributed by atoms with E-state index in [1.165, 1.54) is 12.1 Å². The molecule has 0 aromatic heterocycles. The van der Waals surface area contributed by atoms with Gasteiger partial charge >= 0.3 is 6.18 Å². The van der Waals surface area contributed by atoms with Crippen LogP contribution in [0.1, 0.15) is 24.0 Å². The monoisotopic (exact) mass is 359 g/mol. The summed E-state index contributed by atoms with van der Waals surface area (Å²) < 4.78 is 49.2. The summed E-state index contributed by atoms with van der Waals surface area (Å²) in [7, 11) is 0. The summed E-state index contributed by atoms with van der Waals surface area (Å²) in [5.41, 5.74) is -1.93. The molecule has 3 rings (SSSR count). The van der Waals surface area contributed by atoms with Crippen molar-refractivity contribution in [3.05, 3.63) is 35.4 Å². The van der Waals surface area contributed by atoms with Gasteiger partial charge in [0.15, 0.2) is 6.10 Å². The zero-order valence-electron chi connectivity index (χ0n) is 13.6. The number of halogens is 3. The number of aliphatic hydroxyl groups is 1. The fraction of sp³-hybridized carbons (Fsp3) is 0.588. The van der Waals surface area contributed by atoms with Crippen LogP contribution in [0.4, 0.5) is 13.2 Å². The number of hydrogen-bond acceptors (Lipinski definition) is 4. The lowest BCUT2D eigenvalue weighted by atomic mass is 9.83. The molecule has 2 fully saturated rings. The molecule has 138 valence electrons. The second-order valence-corrected chi connectivity index (χ2v) is 6.37. The fourth-order valence-electron chi connectivity index (χ4n) is 3.20. The van der Waals surface area contributed by atoms with Crippen molar-refractivity contribution in [2.75, 3.05) is 32.9 Å². The summed E-state index contributed by atoms with van der Waals surface area (Å²) >= 11 is 0. The highest BCUT2D eigenvalue weighted by Crippen LogP contribution is 2.36. The van der Waals surface area contributed by atoms with Crippen LogP contribution in [-0.4, -0.2) is 54.9 Å². The van der Waals surface area contributed by atoms with Crippen LogP contribution in [0.2, 0.25) is 0 Å². The molecular weight excluding hydrogens is 339 g/mol. The van der Waals surface area contributed by atoms with Crippen molar-refractivity contribution in [2.45, 2.75) is 30.7 Å². The fourth-order valence-corrected chi connectivity index (χ4v) is 3.20. The first kappa shape index (κ1) is 18.2. The molecule has 2 aliphatic heterocycles. The third-order valence-corrected chi connectivity index (χ3v) is 4.72. The Morgan fingerprint density at radius 1 is 1.24 bits per heavy atom. The minimum atomic E-state index is -4.46. The Hall–Kier alpha value is -1.64. The molecule has 0 spiro atoms. The first-order valence-electron chi connectivity index (χ1n) is 8.18. The second kappa shape index (κ2) is 6.93. The van der Waals surface area contributed by atoms with Crippen molar-refractivity contribution in [2.24, 2.45) is 0 Å². The summed E-state index contributed by atoms with van der Waals surface area (Å²) in [6, 6.07) is 4.74. The van der Waals surface area contributed by atoms with Gasteiger partial charge in [0.2, 0.25) is 0 Å². The topological polar surface area (TPSA) is 59.0 Å². The summed E-state index contributed by atoms with van der Waals surface area (Å²) in [5.74, 6) is -0.203. The molecule has 0 unspecified atom stereocenters. The van der Waals surface area contributed by atoms with Gasteiger partial charge in [0.25, 0.3) is 5.91 Å². The average Bonchev–Trinajstić information content (AvgIpc) is 2.62. The van der Waals surface area contributed by atoms with E-state index in [1.54, 1.807) is 4.90 Å². The number of hydrogen-bond donors (Lipinski definition) is 1. The molecule has 1 amide bonds. The number of alkyl halides is 3. The lowest BCUT2D eigenvalue weighted by molar-refractivity contribution is -0.161. The van der Waals surface area contributed by atoms with Gasteiger partial charge in [-0.05, 0) is 30.5 Å². The van der Waals surface area contributed by atoms with Gasteiger partial charge in [-0.2, -0.15) is 13.2 Å². The molecule has 25 heavy (non-hydrogen) atoms. The minimum absolute atomic E-state index is 0.174. The Bertz CT molecular complexity index is 621. The molecule has 0 aliphatic carbocycles. The summed E-state index contributed by atoms with van der Waals surface area (Å²) in [4.78, 5) is 13.9. The van der Waals surface area contributed by atoms with Crippen LogP contribution in [0.5, 0.6) is 0 Å². The normalized spacial score (nSPS) is 24.2. The molecular formula is C17H20F3NO4. The van der Waals surface area contributed by atoms with E-state index < -0.39 is 23.4 Å². The summed E-state index contributed by atoms with van der Waals surface area (Å²) in [6.07, 6.45) is -4.75. The van der Waals surface area contributed by atoms with Crippen molar-refractivity contribution < 1.29 is 32.5 Å². The number of piperidine rings is 1. The summed E-state index contributed by atoms with van der Waals surface area (Å²) in [5, 5.41) is 10.8. The van der Waals surface area contributed by atoms with Gasteiger partial charge in [-0.25, -0.2) is 0 Å². The van der Waals surface area contributed by atoms with Crippen LogP contribution in [0.3, 0.4) is 0 Å². The van der Waals surface area contributed by atoms with E-state index in [4.69, 9.17) is 9.47 Å². The van der Waals surface area contributed by atoms with E-state index >= 15 is 0 Å². The van der Waals surface area contributed by atoms with Gasteiger partial charge in [-0.15, -0.1) is 0 Å². The molecule has 0 radical (unpaired) electrons. The zero-order chi connectivity index (χ0) is 18.1. The van der Waals surface area contributed by atoms with E-state index in [0.717, 1.165) is 12.1 Å². The Morgan fingerprint density at radius 3 is 2.56 bits per heavy atom. The van der Waals surface area contributed by atoms with E-state index in [1.807, 2.05) is 0 Å². The molecule has 1 N–H and O–H groups in total. The van der Waals surface area contributed by atoms with Gasteiger partial charge in [0.1, 0.15) is 0 Å². The number of ether oxygens (including phenoxy) is 2. The van der Waals surface area contributed by atoms with Gasteiger partial charge < -0.3 is 19.5 Å². The number of rotatable bonds is 2. The Labute approximate surface area is 143 Å². The highest BCUT2D eigenvalue weighted by atomic mass is 19.4. The van der Waals surface area contributed by atoms with Crippen molar-refractivity contribution in [3.8, 4) is 0 Å². The molecule has 1 aromatic carbocycles. The van der Waals surface area contributed by atoms with Gasteiger partial charge in [-0.1, -0.05) is 12.1 Å². The van der Waals surface area contributed by atoms with Crippen molar-refractivity contribution >= 4 is 5.91 Å². The maximum Gasteiger partial charge on any atom is 0.416 e. The van der Waals surface area contributed by atoms with Gasteiger partial charge in [-0.3, -0.25) is 4.79 Å². The highest BCUT2D eigenvalue weighted by Gasteiger charge is 2.39. The van der Waals surface area contributed by atoms with Crippen molar-refractivity contribution in [1.82, 2.24) is 4.90 Å². The number of likely N-dealkylation sites (tertiary alicyclic amines) is 1. The first-order chi connectivity index (χ1) is 11.8. The standard InChI is InChI=1S/C17H20F3NO4/c18-17(19,20)13-3-1-2-12(10-13)16(23)4-6-21(7-5-16)15(22)14-11-24-8-9-25-14/h1-3,10,14,23H,4-9,11H2/t14-/m0/s1. The van der Waals surface area contributed by atoms with Crippen LogP contribution in [0.15, 0.2) is 24.3 Å². The predicted molar refractivity (Wildman–Crippen MR) is 81.7 cm³/mol. The van der Waals surface area contributed by atoms with E-state index in [-0.39, 0.29) is 44.0 Å². The SMILES string of the molecule is O=C([C@@H]1COCCO1)N1CCC(O)(c2cccc(C(F)(F)F)c2)CC1. The van der Waals surface area contributed by atoms with Crippen LogP contribution >= 0.6 is 0 Å². The van der Waals surface area contributed by atoms with Gasteiger partial charge in [0, 0.05) is 13.1 Å². The van der Waals surface area contributed by atoms with Crippen LogP contribution in [-0.2, 0) is 26.0 Å². The third kappa shape index (κ3) is 3.96. The second-order valence-electron chi connectivity index (χ2n) is 6.37.